The largest absolute Gasteiger partial charge is 0.388 e. The summed E-state index contributed by atoms with van der Waals surface area (Å²) in [6, 6.07) is 7.88. The highest BCUT2D eigenvalue weighted by molar-refractivity contribution is 9.10. The number of halogens is 1. The van der Waals surface area contributed by atoms with E-state index in [9.17, 15) is 5.11 Å². The molecular weight excluding hydrogens is 306 g/mol. The van der Waals surface area contributed by atoms with Gasteiger partial charge in [-0.2, -0.15) is 0 Å². The van der Waals surface area contributed by atoms with Crippen LogP contribution in [0, 0.1) is 0 Å². The summed E-state index contributed by atoms with van der Waals surface area (Å²) in [5, 5.41) is 10.2. The maximum Gasteiger partial charge on any atom is 0.0802 e. The van der Waals surface area contributed by atoms with Crippen molar-refractivity contribution >= 4 is 15.9 Å². The molecular formula is C15H22BrNO2. The molecule has 1 fully saturated rings. The summed E-state index contributed by atoms with van der Waals surface area (Å²) in [5.74, 6) is 0. The van der Waals surface area contributed by atoms with E-state index < -0.39 is 0 Å². The number of aliphatic hydroxyl groups is 1. The van der Waals surface area contributed by atoms with Crippen LogP contribution in [0.1, 0.15) is 31.9 Å². The first-order chi connectivity index (χ1) is 8.96. The fraction of sp³-hybridized carbons (Fsp3) is 0.600. The van der Waals surface area contributed by atoms with Crippen molar-refractivity contribution in [3.63, 3.8) is 0 Å². The van der Waals surface area contributed by atoms with Gasteiger partial charge in [0.25, 0.3) is 0 Å². The van der Waals surface area contributed by atoms with Gasteiger partial charge in [-0.1, -0.05) is 28.1 Å². The monoisotopic (exact) mass is 327 g/mol. The molecule has 1 atom stereocenters. The van der Waals surface area contributed by atoms with E-state index in [1.54, 1.807) is 0 Å². The Balaban J connectivity index is 1.83. The molecule has 19 heavy (non-hydrogen) atoms. The summed E-state index contributed by atoms with van der Waals surface area (Å²) in [6.45, 7) is 7.80. The Morgan fingerprint density at radius 1 is 1.37 bits per heavy atom. The summed E-state index contributed by atoms with van der Waals surface area (Å²) in [6.07, 6.45) is 0.372. The Kier molecular flexibility index (Phi) is 5.01. The second kappa shape index (κ2) is 6.35. The summed E-state index contributed by atoms with van der Waals surface area (Å²) < 4.78 is 6.73. The summed E-state index contributed by atoms with van der Waals surface area (Å²) in [5.41, 5.74) is 0.914. The summed E-state index contributed by atoms with van der Waals surface area (Å²) in [7, 11) is 0. The molecule has 1 saturated heterocycles. The number of benzene rings is 1. The highest BCUT2D eigenvalue weighted by Crippen LogP contribution is 2.21. The molecule has 1 heterocycles. The number of nitrogens with zero attached hydrogens (tertiary/aromatic N) is 1. The lowest BCUT2D eigenvalue weighted by molar-refractivity contribution is -0.0878. The fourth-order valence-corrected chi connectivity index (χ4v) is 2.73. The van der Waals surface area contributed by atoms with Crippen LogP contribution >= 0.6 is 15.9 Å². The number of hydrogen-bond acceptors (Lipinski definition) is 3. The minimum Gasteiger partial charge on any atom is -0.388 e. The minimum atomic E-state index is -0.390. The van der Waals surface area contributed by atoms with Crippen LogP contribution in [-0.4, -0.2) is 41.8 Å². The zero-order valence-corrected chi connectivity index (χ0v) is 13.2. The Morgan fingerprint density at radius 3 is 2.68 bits per heavy atom. The van der Waals surface area contributed by atoms with Crippen molar-refractivity contribution in [1.82, 2.24) is 4.90 Å². The topological polar surface area (TPSA) is 32.7 Å². The molecule has 1 unspecified atom stereocenters. The number of rotatable bonds is 4. The molecule has 1 aromatic carbocycles. The molecule has 4 heteroatoms. The minimum absolute atomic E-state index is 0.0686. The predicted octanol–water partition coefficient (Wildman–Crippen LogP) is 2.98. The van der Waals surface area contributed by atoms with Crippen molar-refractivity contribution in [3.8, 4) is 0 Å². The molecule has 0 aromatic heterocycles. The van der Waals surface area contributed by atoms with Crippen LogP contribution in [-0.2, 0) is 4.74 Å². The lowest BCUT2D eigenvalue weighted by Crippen LogP contribution is -2.48. The van der Waals surface area contributed by atoms with Gasteiger partial charge in [-0.15, -0.1) is 0 Å². The average Bonchev–Trinajstić information content (AvgIpc) is 2.36. The van der Waals surface area contributed by atoms with E-state index in [1.165, 1.54) is 0 Å². The van der Waals surface area contributed by atoms with Gasteiger partial charge >= 0.3 is 0 Å². The van der Waals surface area contributed by atoms with E-state index in [1.807, 2.05) is 24.3 Å². The van der Waals surface area contributed by atoms with Gasteiger partial charge in [-0.05, 0) is 38.0 Å². The summed E-state index contributed by atoms with van der Waals surface area (Å²) in [4.78, 5) is 2.37. The maximum absolute atomic E-state index is 10.2. The number of aliphatic hydroxyl groups excluding tert-OH is 1. The van der Waals surface area contributed by atoms with E-state index >= 15 is 0 Å². The zero-order chi connectivity index (χ0) is 13.9. The van der Waals surface area contributed by atoms with Crippen LogP contribution in [0.4, 0.5) is 0 Å². The first-order valence-electron chi connectivity index (χ1n) is 6.76. The Morgan fingerprint density at radius 2 is 2.05 bits per heavy atom. The maximum atomic E-state index is 10.2. The van der Waals surface area contributed by atoms with Crippen molar-refractivity contribution in [2.24, 2.45) is 0 Å². The lowest BCUT2D eigenvalue weighted by Gasteiger charge is -2.38. The van der Waals surface area contributed by atoms with Gasteiger partial charge in [0.1, 0.15) is 0 Å². The van der Waals surface area contributed by atoms with Crippen molar-refractivity contribution in [2.75, 3.05) is 26.2 Å². The molecule has 1 N–H and O–H groups in total. The van der Waals surface area contributed by atoms with Crippen molar-refractivity contribution in [2.45, 2.75) is 32.0 Å². The smallest absolute Gasteiger partial charge is 0.0802 e. The third kappa shape index (κ3) is 4.56. The average molecular weight is 328 g/mol. The van der Waals surface area contributed by atoms with Crippen LogP contribution in [0.3, 0.4) is 0 Å². The third-order valence-corrected chi connectivity index (χ3v) is 4.01. The van der Waals surface area contributed by atoms with Gasteiger partial charge in [-0.3, -0.25) is 4.90 Å². The number of ether oxygens (including phenoxy) is 1. The quantitative estimate of drug-likeness (QED) is 0.922. The van der Waals surface area contributed by atoms with Crippen LogP contribution in [0.2, 0.25) is 0 Å². The zero-order valence-electron chi connectivity index (χ0n) is 11.6. The van der Waals surface area contributed by atoms with Gasteiger partial charge in [0.05, 0.1) is 18.3 Å². The molecule has 3 nitrogen and oxygen atoms in total. The normalized spacial score (nSPS) is 21.3. The Bertz CT molecular complexity index is 405. The molecule has 0 spiro atoms. The predicted molar refractivity (Wildman–Crippen MR) is 80.2 cm³/mol. The first kappa shape index (κ1) is 15.0. The molecule has 2 rings (SSSR count). The van der Waals surface area contributed by atoms with Gasteiger partial charge in [0.15, 0.2) is 0 Å². The van der Waals surface area contributed by atoms with E-state index in [-0.39, 0.29) is 11.7 Å². The van der Waals surface area contributed by atoms with Crippen LogP contribution in [0.25, 0.3) is 0 Å². The van der Waals surface area contributed by atoms with Crippen molar-refractivity contribution < 1.29 is 9.84 Å². The third-order valence-electron chi connectivity index (χ3n) is 3.48. The second-order valence-electron chi connectivity index (χ2n) is 5.74. The van der Waals surface area contributed by atoms with Crippen molar-refractivity contribution in [3.05, 3.63) is 34.3 Å². The lowest BCUT2D eigenvalue weighted by atomic mass is 10.0. The number of hydrogen-bond donors (Lipinski definition) is 1. The molecule has 0 saturated carbocycles. The molecule has 0 bridgehead atoms. The van der Waals surface area contributed by atoms with Crippen LogP contribution in [0.5, 0.6) is 0 Å². The number of morpholine rings is 1. The molecule has 106 valence electrons. The van der Waals surface area contributed by atoms with E-state index in [4.69, 9.17) is 4.74 Å². The first-order valence-corrected chi connectivity index (χ1v) is 7.55. The molecule has 1 aromatic rings. The van der Waals surface area contributed by atoms with Gasteiger partial charge in [0, 0.05) is 24.1 Å². The van der Waals surface area contributed by atoms with Crippen LogP contribution in [0.15, 0.2) is 28.7 Å². The van der Waals surface area contributed by atoms with Gasteiger partial charge < -0.3 is 9.84 Å². The van der Waals surface area contributed by atoms with Gasteiger partial charge in [0.2, 0.25) is 0 Å². The molecule has 1 aliphatic heterocycles. The standard InChI is InChI=1S/C15H22BrNO2/c1-15(2)11-17(9-10-19-15)8-7-14(18)12-3-5-13(16)6-4-12/h3-6,14,18H,7-11H2,1-2H3. The molecule has 0 radical (unpaired) electrons. The second-order valence-corrected chi connectivity index (χ2v) is 6.66. The molecule has 0 amide bonds. The summed E-state index contributed by atoms with van der Waals surface area (Å²) >= 11 is 3.40. The van der Waals surface area contributed by atoms with E-state index in [2.05, 4.69) is 34.7 Å². The fourth-order valence-electron chi connectivity index (χ4n) is 2.46. The van der Waals surface area contributed by atoms with Crippen molar-refractivity contribution in [1.29, 1.82) is 0 Å². The Labute approximate surface area is 123 Å². The van der Waals surface area contributed by atoms with E-state index in [0.29, 0.717) is 0 Å². The van der Waals surface area contributed by atoms with Gasteiger partial charge in [-0.25, -0.2) is 0 Å². The Hall–Kier alpha value is -0.420. The van der Waals surface area contributed by atoms with E-state index in [0.717, 1.165) is 42.7 Å². The highest BCUT2D eigenvalue weighted by atomic mass is 79.9. The highest BCUT2D eigenvalue weighted by Gasteiger charge is 2.27. The SMILES string of the molecule is CC1(C)CN(CCC(O)c2ccc(Br)cc2)CCO1. The molecule has 0 aliphatic carbocycles. The van der Waals surface area contributed by atoms with Crippen LogP contribution < -0.4 is 0 Å². The molecule has 1 aliphatic rings.